The Morgan fingerprint density at radius 2 is 1.76 bits per heavy atom. The maximum atomic E-state index is 12.5. The quantitative estimate of drug-likeness (QED) is 0.814. The Labute approximate surface area is 143 Å². The van der Waals surface area contributed by atoms with E-state index >= 15 is 0 Å². The van der Waals surface area contributed by atoms with Crippen molar-refractivity contribution in [3.05, 3.63) is 62.6 Å². The average molecular weight is 351 g/mol. The van der Waals surface area contributed by atoms with Gasteiger partial charge in [0.15, 0.2) is 0 Å². The highest BCUT2D eigenvalue weighted by atomic mass is 19.4. The Kier molecular flexibility index (Phi) is 5.22. The van der Waals surface area contributed by atoms with Crippen molar-refractivity contribution in [1.82, 2.24) is 15.5 Å². The van der Waals surface area contributed by atoms with Gasteiger partial charge in [-0.25, -0.2) is 5.10 Å². The van der Waals surface area contributed by atoms with E-state index in [1.807, 2.05) is 0 Å². The number of benzene rings is 1. The predicted octanol–water partition coefficient (Wildman–Crippen LogP) is 3.00. The molecule has 2 N–H and O–H groups in total. The molecule has 1 aromatic carbocycles. The largest absolute Gasteiger partial charge is 0.416 e. The Morgan fingerprint density at radius 1 is 1.08 bits per heavy atom. The topological polar surface area (TPSA) is 57.8 Å². The van der Waals surface area contributed by atoms with Crippen LogP contribution in [0.5, 0.6) is 0 Å². The molecule has 1 heterocycles. The van der Waals surface area contributed by atoms with E-state index in [2.05, 4.69) is 15.5 Å². The summed E-state index contributed by atoms with van der Waals surface area (Å²) in [4.78, 5) is 11.8. The van der Waals surface area contributed by atoms with Crippen LogP contribution in [0, 0.1) is 0 Å². The van der Waals surface area contributed by atoms with E-state index in [0.717, 1.165) is 60.2 Å². The van der Waals surface area contributed by atoms with Crippen LogP contribution in [0.1, 0.15) is 40.8 Å². The molecule has 25 heavy (non-hydrogen) atoms. The fourth-order valence-electron chi connectivity index (χ4n) is 3.19. The van der Waals surface area contributed by atoms with Crippen LogP contribution in [0.25, 0.3) is 0 Å². The van der Waals surface area contributed by atoms with Crippen LogP contribution < -0.4 is 10.9 Å². The molecule has 3 rings (SSSR count). The van der Waals surface area contributed by atoms with Crippen molar-refractivity contribution in [2.75, 3.05) is 6.54 Å². The Balaban J connectivity index is 1.55. The molecule has 0 aliphatic heterocycles. The van der Waals surface area contributed by atoms with Crippen molar-refractivity contribution in [3.8, 4) is 0 Å². The number of H-pyrrole nitrogens is 1. The zero-order valence-electron chi connectivity index (χ0n) is 13.7. The van der Waals surface area contributed by atoms with Gasteiger partial charge < -0.3 is 5.32 Å². The minimum atomic E-state index is -4.30. The van der Waals surface area contributed by atoms with Gasteiger partial charge in [-0.15, -0.1) is 0 Å². The number of hydrogen-bond acceptors (Lipinski definition) is 3. The van der Waals surface area contributed by atoms with E-state index in [1.54, 1.807) is 0 Å². The highest BCUT2D eigenvalue weighted by Crippen LogP contribution is 2.29. The standard InChI is InChI=1S/C18H20F3N3O/c19-18(20,21)13-7-5-12(6-8-13)11-22-10-9-16-14-3-1-2-4-15(14)17(25)24-23-16/h5-8,22H,1-4,9-11H2,(H,24,25). The summed E-state index contributed by atoms with van der Waals surface area (Å²) in [7, 11) is 0. The Morgan fingerprint density at radius 3 is 2.44 bits per heavy atom. The summed E-state index contributed by atoms with van der Waals surface area (Å²) >= 11 is 0. The van der Waals surface area contributed by atoms with Gasteiger partial charge in [0.05, 0.1) is 11.3 Å². The van der Waals surface area contributed by atoms with E-state index in [9.17, 15) is 18.0 Å². The molecule has 0 bridgehead atoms. The number of fused-ring (bicyclic) bond motifs is 1. The number of rotatable bonds is 5. The van der Waals surface area contributed by atoms with E-state index in [4.69, 9.17) is 0 Å². The Bertz CT molecular complexity index is 782. The smallest absolute Gasteiger partial charge is 0.312 e. The molecule has 4 nitrogen and oxygen atoms in total. The molecule has 0 radical (unpaired) electrons. The number of hydrogen-bond donors (Lipinski definition) is 2. The van der Waals surface area contributed by atoms with Crippen LogP contribution in [0.3, 0.4) is 0 Å². The number of halogens is 3. The molecule has 134 valence electrons. The fraction of sp³-hybridized carbons (Fsp3) is 0.444. The van der Waals surface area contributed by atoms with Gasteiger partial charge in [0, 0.05) is 25.1 Å². The van der Waals surface area contributed by atoms with Gasteiger partial charge >= 0.3 is 6.18 Å². The highest BCUT2D eigenvalue weighted by molar-refractivity contribution is 5.30. The van der Waals surface area contributed by atoms with Gasteiger partial charge in [-0.3, -0.25) is 4.79 Å². The van der Waals surface area contributed by atoms with Crippen LogP contribution in [-0.2, 0) is 32.0 Å². The fourth-order valence-corrected chi connectivity index (χ4v) is 3.19. The lowest BCUT2D eigenvalue weighted by Crippen LogP contribution is -2.25. The first-order chi connectivity index (χ1) is 11.9. The zero-order chi connectivity index (χ0) is 17.9. The second kappa shape index (κ2) is 7.39. The molecule has 0 spiro atoms. The van der Waals surface area contributed by atoms with Crippen LogP contribution in [-0.4, -0.2) is 16.7 Å². The molecular weight excluding hydrogens is 331 g/mol. The molecule has 0 saturated heterocycles. The van der Waals surface area contributed by atoms with E-state index in [1.165, 1.54) is 12.1 Å². The van der Waals surface area contributed by atoms with Crippen molar-refractivity contribution < 1.29 is 13.2 Å². The SMILES string of the molecule is O=c1[nH]nc(CCNCc2ccc(C(F)(F)F)cc2)c2c1CCCC2. The van der Waals surface area contributed by atoms with Crippen molar-refractivity contribution in [3.63, 3.8) is 0 Å². The third kappa shape index (κ3) is 4.28. The lowest BCUT2D eigenvalue weighted by Gasteiger charge is -2.17. The van der Waals surface area contributed by atoms with Gasteiger partial charge in [0.1, 0.15) is 0 Å². The molecule has 0 fully saturated rings. The molecular formula is C18H20F3N3O. The van der Waals surface area contributed by atoms with Gasteiger partial charge in [0.2, 0.25) is 0 Å². The first-order valence-electron chi connectivity index (χ1n) is 8.41. The minimum absolute atomic E-state index is 0.0869. The summed E-state index contributed by atoms with van der Waals surface area (Å²) in [6.45, 7) is 1.14. The van der Waals surface area contributed by atoms with Crippen molar-refractivity contribution in [2.45, 2.75) is 44.8 Å². The highest BCUT2D eigenvalue weighted by Gasteiger charge is 2.29. The van der Waals surface area contributed by atoms with E-state index < -0.39 is 11.7 Å². The summed E-state index contributed by atoms with van der Waals surface area (Å²) in [6.07, 6.45) is 0.177. The summed E-state index contributed by atoms with van der Waals surface area (Å²) in [6, 6.07) is 5.15. The summed E-state index contributed by atoms with van der Waals surface area (Å²) < 4.78 is 37.6. The lowest BCUT2D eigenvalue weighted by atomic mass is 9.91. The number of nitrogens with one attached hydrogen (secondary N) is 2. The maximum absolute atomic E-state index is 12.5. The van der Waals surface area contributed by atoms with Gasteiger partial charge in [-0.2, -0.15) is 18.3 Å². The van der Waals surface area contributed by atoms with E-state index in [-0.39, 0.29) is 5.56 Å². The first kappa shape index (κ1) is 17.7. The van der Waals surface area contributed by atoms with Crippen molar-refractivity contribution in [2.24, 2.45) is 0 Å². The van der Waals surface area contributed by atoms with Gasteiger partial charge in [-0.05, 0) is 48.9 Å². The zero-order valence-corrected chi connectivity index (χ0v) is 13.7. The second-order valence-electron chi connectivity index (χ2n) is 6.29. The molecule has 1 aromatic heterocycles. The van der Waals surface area contributed by atoms with E-state index in [0.29, 0.717) is 19.5 Å². The summed E-state index contributed by atoms with van der Waals surface area (Å²) in [5, 5.41) is 9.96. The Hall–Kier alpha value is -2.15. The normalized spacial score (nSPS) is 14.4. The number of aromatic nitrogens is 2. The van der Waals surface area contributed by atoms with Crippen LogP contribution >= 0.6 is 0 Å². The van der Waals surface area contributed by atoms with Gasteiger partial charge in [0.25, 0.3) is 5.56 Å². The predicted molar refractivity (Wildman–Crippen MR) is 88.4 cm³/mol. The summed E-state index contributed by atoms with van der Waals surface area (Å²) in [5.41, 5.74) is 2.92. The first-order valence-corrected chi connectivity index (χ1v) is 8.41. The molecule has 0 atom stereocenters. The molecule has 0 unspecified atom stereocenters. The third-order valence-electron chi connectivity index (χ3n) is 4.53. The number of aromatic amines is 1. The van der Waals surface area contributed by atoms with Crippen LogP contribution in [0.4, 0.5) is 13.2 Å². The van der Waals surface area contributed by atoms with Gasteiger partial charge in [-0.1, -0.05) is 12.1 Å². The van der Waals surface area contributed by atoms with Crippen molar-refractivity contribution >= 4 is 0 Å². The van der Waals surface area contributed by atoms with Crippen LogP contribution in [0.2, 0.25) is 0 Å². The van der Waals surface area contributed by atoms with Crippen molar-refractivity contribution in [1.29, 1.82) is 0 Å². The molecule has 1 aliphatic rings. The lowest BCUT2D eigenvalue weighted by molar-refractivity contribution is -0.137. The molecule has 2 aromatic rings. The average Bonchev–Trinajstić information content (AvgIpc) is 2.60. The molecule has 1 aliphatic carbocycles. The molecule has 0 saturated carbocycles. The monoisotopic (exact) mass is 351 g/mol. The maximum Gasteiger partial charge on any atom is 0.416 e. The second-order valence-corrected chi connectivity index (χ2v) is 6.29. The number of alkyl halides is 3. The molecule has 0 amide bonds. The number of nitrogens with zero attached hydrogens (tertiary/aromatic N) is 1. The third-order valence-corrected chi connectivity index (χ3v) is 4.53. The minimum Gasteiger partial charge on any atom is -0.312 e. The van der Waals surface area contributed by atoms with Crippen LogP contribution in [0.15, 0.2) is 29.1 Å². The summed E-state index contributed by atoms with van der Waals surface area (Å²) in [5.74, 6) is 0. The molecule has 7 heteroatoms.